The average Bonchev–Trinajstić information content (AvgIpc) is 3.50. The molecule has 2 aliphatic heterocycles. The van der Waals surface area contributed by atoms with Crippen LogP contribution in [0.2, 0.25) is 0 Å². The lowest BCUT2D eigenvalue weighted by molar-refractivity contribution is 0.0611. The third kappa shape index (κ3) is 4.09. The summed E-state index contributed by atoms with van der Waals surface area (Å²) in [6, 6.07) is 13.9. The Hall–Kier alpha value is -3.08. The van der Waals surface area contributed by atoms with Crippen LogP contribution in [-0.2, 0) is 16.0 Å². The maximum atomic E-state index is 6.08. The molecule has 0 amide bonds. The number of tetrazole rings is 1. The van der Waals surface area contributed by atoms with E-state index in [9.17, 15) is 0 Å². The van der Waals surface area contributed by atoms with Crippen LogP contribution in [-0.4, -0.2) is 70.8 Å². The summed E-state index contributed by atoms with van der Waals surface area (Å²) >= 11 is 0. The number of nitrogens with one attached hydrogen (secondary N) is 1. The number of fused-ring (bicyclic) bond motifs is 1. The highest BCUT2D eigenvalue weighted by Crippen LogP contribution is 2.36. The number of anilines is 1. The molecule has 0 radical (unpaired) electrons. The molecule has 1 aromatic carbocycles. The van der Waals surface area contributed by atoms with Gasteiger partial charge in [-0.15, -0.1) is 0 Å². The fourth-order valence-electron chi connectivity index (χ4n) is 3.99. The standard InChI is InChI=1S/C21H25N7O3/c1-27(2)15-7-5-8-16(10-15)31-21-24-25-26-28(21)18-13-30-19-17(12-29-20(18)19)23-11-14-6-3-4-9-22-14/h3-10,17-20,23H,11-13H2,1-2H3/t17-,18-,19+,20+/m0/s1. The lowest BCUT2D eigenvalue weighted by Gasteiger charge is -2.18. The fraction of sp³-hybridized carbons (Fsp3) is 0.429. The molecule has 0 saturated carbocycles. The number of pyridine rings is 1. The molecule has 10 nitrogen and oxygen atoms in total. The van der Waals surface area contributed by atoms with Crippen molar-refractivity contribution in [3.63, 3.8) is 0 Å². The number of nitrogens with zero attached hydrogens (tertiary/aromatic N) is 6. The van der Waals surface area contributed by atoms with Crippen LogP contribution in [0.3, 0.4) is 0 Å². The number of rotatable bonds is 7. The van der Waals surface area contributed by atoms with E-state index >= 15 is 0 Å². The van der Waals surface area contributed by atoms with Crippen molar-refractivity contribution in [2.75, 3.05) is 32.2 Å². The van der Waals surface area contributed by atoms with Gasteiger partial charge in [0.2, 0.25) is 0 Å². The fourth-order valence-corrected chi connectivity index (χ4v) is 3.99. The van der Waals surface area contributed by atoms with Crippen molar-refractivity contribution in [1.82, 2.24) is 30.5 Å². The van der Waals surface area contributed by atoms with Crippen molar-refractivity contribution in [1.29, 1.82) is 0 Å². The van der Waals surface area contributed by atoms with Crippen molar-refractivity contribution in [2.45, 2.75) is 30.8 Å². The highest BCUT2D eigenvalue weighted by atomic mass is 16.6. The Labute approximate surface area is 180 Å². The molecular weight excluding hydrogens is 398 g/mol. The first-order chi connectivity index (χ1) is 15.2. The van der Waals surface area contributed by atoms with Crippen LogP contribution in [0.15, 0.2) is 48.7 Å². The normalized spacial score (nSPS) is 24.8. The Morgan fingerprint density at radius 2 is 2.03 bits per heavy atom. The second-order valence-corrected chi connectivity index (χ2v) is 7.87. The van der Waals surface area contributed by atoms with Gasteiger partial charge in [0.15, 0.2) is 0 Å². The minimum atomic E-state index is -0.159. The molecule has 0 aliphatic carbocycles. The van der Waals surface area contributed by atoms with Crippen molar-refractivity contribution < 1.29 is 14.2 Å². The molecule has 2 aliphatic rings. The molecular formula is C21H25N7O3. The summed E-state index contributed by atoms with van der Waals surface area (Å²) in [4.78, 5) is 6.36. The summed E-state index contributed by atoms with van der Waals surface area (Å²) in [5.41, 5.74) is 2.01. The van der Waals surface area contributed by atoms with Crippen LogP contribution in [0, 0.1) is 0 Å². The predicted molar refractivity (Wildman–Crippen MR) is 112 cm³/mol. The summed E-state index contributed by atoms with van der Waals surface area (Å²) in [7, 11) is 3.96. The van der Waals surface area contributed by atoms with Crippen molar-refractivity contribution in [2.24, 2.45) is 0 Å². The van der Waals surface area contributed by atoms with E-state index in [0.29, 0.717) is 31.5 Å². The molecule has 2 fully saturated rings. The molecule has 0 spiro atoms. The first-order valence-corrected chi connectivity index (χ1v) is 10.3. The van der Waals surface area contributed by atoms with Crippen molar-refractivity contribution in [3.05, 3.63) is 54.4 Å². The van der Waals surface area contributed by atoms with E-state index in [1.165, 1.54) is 0 Å². The zero-order valence-electron chi connectivity index (χ0n) is 17.5. The first kappa shape index (κ1) is 19.9. The van der Waals surface area contributed by atoms with Gasteiger partial charge in [0.05, 0.1) is 24.9 Å². The van der Waals surface area contributed by atoms with E-state index in [0.717, 1.165) is 11.4 Å². The van der Waals surface area contributed by atoms with Crippen LogP contribution < -0.4 is 15.0 Å². The number of ether oxygens (including phenoxy) is 3. The topological polar surface area (TPSA) is 99.5 Å². The Balaban J connectivity index is 1.26. The molecule has 5 rings (SSSR count). The zero-order valence-corrected chi connectivity index (χ0v) is 17.5. The van der Waals surface area contributed by atoms with Gasteiger partial charge >= 0.3 is 6.01 Å². The SMILES string of the molecule is CN(C)c1cccc(Oc2nnnn2[C@H]2CO[C@H]3[C@@H]2OC[C@@H]3NCc2ccccn2)c1. The van der Waals surface area contributed by atoms with Crippen molar-refractivity contribution >= 4 is 5.69 Å². The third-order valence-corrected chi connectivity index (χ3v) is 5.62. The first-order valence-electron chi connectivity index (χ1n) is 10.3. The van der Waals surface area contributed by atoms with Gasteiger partial charge in [-0.1, -0.05) is 17.2 Å². The van der Waals surface area contributed by atoms with E-state index in [1.54, 1.807) is 10.9 Å². The Morgan fingerprint density at radius 1 is 1.13 bits per heavy atom. The second-order valence-electron chi connectivity index (χ2n) is 7.87. The average molecular weight is 423 g/mol. The molecule has 162 valence electrons. The van der Waals surface area contributed by atoms with Crippen LogP contribution in [0.4, 0.5) is 5.69 Å². The lowest BCUT2D eigenvalue weighted by atomic mass is 10.1. The molecule has 0 unspecified atom stereocenters. The molecule has 3 aromatic rings. The smallest absolute Gasteiger partial charge is 0.341 e. The van der Waals surface area contributed by atoms with Gasteiger partial charge in [0.1, 0.15) is 24.0 Å². The van der Waals surface area contributed by atoms with Gasteiger partial charge in [-0.25, -0.2) is 0 Å². The summed E-state index contributed by atoms with van der Waals surface area (Å²) in [5, 5.41) is 15.6. The highest BCUT2D eigenvalue weighted by Gasteiger charge is 2.49. The van der Waals surface area contributed by atoms with Crippen molar-refractivity contribution in [3.8, 4) is 11.8 Å². The quantitative estimate of drug-likeness (QED) is 0.605. The van der Waals surface area contributed by atoms with Crippen LogP contribution in [0.25, 0.3) is 0 Å². The number of hydrogen-bond donors (Lipinski definition) is 1. The largest absolute Gasteiger partial charge is 0.423 e. The molecule has 2 saturated heterocycles. The van der Waals surface area contributed by atoms with E-state index in [4.69, 9.17) is 14.2 Å². The van der Waals surface area contributed by atoms with Gasteiger partial charge in [-0.05, 0) is 34.7 Å². The lowest BCUT2D eigenvalue weighted by Crippen LogP contribution is -2.40. The van der Waals surface area contributed by atoms with Gasteiger partial charge < -0.3 is 24.4 Å². The van der Waals surface area contributed by atoms with Crippen LogP contribution in [0.1, 0.15) is 11.7 Å². The summed E-state index contributed by atoms with van der Waals surface area (Å²) in [5.74, 6) is 0.667. The molecule has 2 aromatic heterocycles. The second kappa shape index (κ2) is 8.58. The minimum Gasteiger partial charge on any atom is -0.423 e. The summed E-state index contributed by atoms with van der Waals surface area (Å²) in [6.07, 6.45) is 1.56. The van der Waals surface area contributed by atoms with Gasteiger partial charge in [-0.3, -0.25) is 4.98 Å². The number of hydrogen-bond acceptors (Lipinski definition) is 9. The van der Waals surface area contributed by atoms with E-state index in [-0.39, 0.29) is 24.3 Å². The molecule has 1 N–H and O–H groups in total. The maximum Gasteiger partial charge on any atom is 0.341 e. The number of benzene rings is 1. The Bertz CT molecular complexity index is 1010. The summed E-state index contributed by atoms with van der Waals surface area (Å²) < 4.78 is 19.8. The monoisotopic (exact) mass is 423 g/mol. The molecule has 31 heavy (non-hydrogen) atoms. The maximum absolute atomic E-state index is 6.08. The molecule has 10 heteroatoms. The summed E-state index contributed by atoms with van der Waals surface area (Å²) in [6.45, 7) is 1.67. The molecule has 4 heterocycles. The van der Waals surface area contributed by atoms with Crippen LogP contribution >= 0.6 is 0 Å². The van der Waals surface area contributed by atoms with Gasteiger partial charge in [-0.2, -0.15) is 4.68 Å². The van der Waals surface area contributed by atoms with E-state index < -0.39 is 0 Å². The predicted octanol–water partition coefficient (Wildman–Crippen LogP) is 1.42. The van der Waals surface area contributed by atoms with E-state index in [2.05, 4.69) is 25.8 Å². The van der Waals surface area contributed by atoms with Gasteiger partial charge in [0.25, 0.3) is 0 Å². The third-order valence-electron chi connectivity index (χ3n) is 5.62. The number of aromatic nitrogens is 5. The molecule has 0 bridgehead atoms. The van der Waals surface area contributed by atoms with Crippen LogP contribution in [0.5, 0.6) is 11.8 Å². The highest BCUT2D eigenvalue weighted by molar-refractivity contribution is 5.49. The van der Waals surface area contributed by atoms with E-state index in [1.807, 2.05) is 61.5 Å². The molecule has 4 atom stereocenters. The Morgan fingerprint density at radius 3 is 2.87 bits per heavy atom. The Kier molecular flexibility index (Phi) is 5.49. The van der Waals surface area contributed by atoms with Gasteiger partial charge in [0, 0.05) is 38.6 Å². The minimum absolute atomic E-state index is 0.0784. The zero-order chi connectivity index (χ0) is 21.2.